The highest BCUT2D eigenvalue weighted by atomic mass is 14.0. The second-order valence-electron chi connectivity index (χ2n) is 5.06. The second kappa shape index (κ2) is 15.2. The van der Waals surface area contributed by atoms with Gasteiger partial charge in [0, 0.05) is 0 Å². The van der Waals surface area contributed by atoms with Gasteiger partial charge in [-0.25, -0.2) is 0 Å². The first-order chi connectivity index (χ1) is 12.6. The van der Waals surface area contributed by atoms with Crippen molar-refractivity contribution in [1.29, 1.82) is 0 Å². The van der Waals surface area contributed by atoms with E-state index < -0.39 is 0 Å². The summed E-state index contributed by atoms with van der Waals surface area (Å²) in [6.45, 7) is 22.9. The first-order valence-electron chi connectivity index (χ1n) is 8.24. The summed E-state index contributed by atoms with van der Waals surface area (Å²) in [6, 6.07) is 0. The molecule has 0 saturated heterocycles. The maximum atomic E-state index is 4.03. The van der Waals surface area contributed by atoms with Crippen LogP contribution in [0.4, 0.5) is 0 Å². The Morgan fingerprint density at radius 3 is 1.12 bits per heavy atom. The maximum Gasteiger partial charge on any atom is -0.0190 e. The van der Waals surface area contributed by atoms with Crippen LogP contribution in [0.2, 0.25) is 0 Å². The molecule has 0 aromatic rings. The Morgan fingerprint density at radius 1 is 0.423 bits per heavy atom. The van der Waals surface area contributed by atoms with Crippen molar-refractivity contribution < 1.29 is 0 Å². The normalized spacial score (nSPS) is 13.2. The van der Waals surface area contributed by atoms with Gasteiger partial charge in [0.25, 0.3) is 0 Å². The van der Waals surface area contributed by atoms with Crippen LogP contribution in [0.25, 0.3) is 0 Å². The molecule has 0 aliphatic rings. The number of allylic oxidation sites excluding steroid dienone is 20. The molecule has 0 unspecified atom stereocenters. The third-order valence-electron chi connectivity index (χ3n) is 3.09. The van der Waals surface area contributed by atoms with E-state index in [1.807, 2.05) is 72.9 Å². The fourth-order valence-electron chi connectivity index (χ4n) is 1.80. The van der Waals surface area contributed by atoms with E-state index in [0.717, 1.165) is 22.3 Å². The van der Waals surface area contributed by atoms with Gasteiger partial charge < -0.3 is 0 Å². The van der Waals surface area contributed by atoms with Crippen molar-refractivity contribution >= 4 is 0 Å². The van der Waals surface area contributed by atoms with Crippen molar-refractivity contribution in [2.45, 2.75) is 0 Å². The average molecular weight is 341 g/mol. The summed E-state index contributed by atoms with van der Waals surface area (Å²) in [6.07, 6.45) is 30.0. The lowest BCUT2D eigenvalue weighted by Crippen LogP contribution is -1.80. The summed E-state index contributed by atoms with van der Waals surface area (Å²) in [5.41, 5.74) is 3.77. The van der Waals surface area contributed by atoms with E-state index in [4.69, 9.17) is 0 Å². The Kier molecular flexibility index (Phi) is 13.2. The Labute approximate surface area is 159 Å². The van der Waals surface area contributed by atoms with Crippen molar-refractivity contribution in [1.82, 2.24) is 0 Å². The van der Waals surface area contributed by atoms with Crippen LogP contribution in [0, 0.1) is 0 Å². The molecule has 132 valence electrons. The molecule has 0 nitrogen and oxygen atoms in total. The lowest BCUT2D eigenvalue weighted by Gasteiger charge is -1.99. The summed E-state index contributed by atoms with van der Waals surface area (Å²) in [4.78, 5) is 0. The van der Waals surface area contributed by atoms with Crippen molar-refractivity contribution in [2.24, 2.45) is 0 Å². The summed E-state index contributed by atoms with van der Waals surface area (Å²) >= 11 is 0. The summed E-state index contributed by atoms with van der Waals surface area (Å²) in [5, 5.41) is 0. The van der Waals surface area contributed by atoms with E-state index in [9.17, 15) is 0 Å². The summed E-state index contributed by atoms with van der Waals surface area (Å²) < 4.78 is 0. The van der Waals surface area contributed by atoms with Crippen molar-refractivity contribution in [2.75, 3.05) is 0 Å². The van der Waals surface area contributed by atoms with Gasteiger partial charge in [-0.1, -0.05) is 137 Å². The highest BCUT2D eigenvalue weighted by molar-refractivity contribution is 5.48. The lowest BCUT2D eigenvalue weighted by atomic mass is 10.1. The molecule has 0 aliphatic carbocycles. The zero-order chi connectivity index (χ0) is 19.6. The van der Waals surface area contributed by atoms with Crippen molar-refractivity contribution in [3.05, 3.63) is 159 Å². The minimum atomic E-state index is 0.895. The zero-order valence-corrected chi connectivity index (χ0v) is 15.5. The van der Waals surface area contributed by atoms with Crippen LogP contribution in [0.3, 0.4) is 0 Å². The summed E-state index contributed by atoms with van der Waals surface area (Å²) in [5.74, 6) is 0. The molecule has 0 bridgehead atoms. The third-order valence-corrected chi connectivity index (χ3v) is 3.09. The van der Waals surface area contributed by atoms with E-state index >= 15 is 0 Å². The Bertz CT molecular complexity index is 671. The highest BCUT2D eigenvalue weighted by Crippen LogP contribution is 2.13. The molecule has 0 aromatic carbocycles. The van der Waals surface area contributed by atoms with Crippen LogP contribution in [-0.2, 0) is 0 Å². The van der Waals surface area contributed by atoms with Crippen LogP contribution in [0.15, 0.2) is 159 Å². The van der Waals surface area contributed by atoms with E-state index in [-0.39, 0.29) is 0 Å². The van der Waals surface area contributed by atoms with E-state index in [1.54, 1.807) is 24.3 Å². The lowest BCUT2D eigenvalue weighted by molar-refractivity contribution is 1.56. The molecule has 0 N–H and O–H groups in total. The van der Waals surface area contributed by atoms with Gasteiger partial charge in [-0.05, 0) is 22.3 Å². The molecule has 0 spiro atoms. The monoisotopic (exact) mass is 340 g/mol. The van der Waals surface area contributed by atoms with E-state index in [1.165, 1.54) is 0 Å². The number of rotatable bonds is 12. The largest absolute Gasteiger partial charge is 0.0991 e. The van der Waals surface area contributed by atoms with Crippen molar-refractivity contribution in [3.8, 4) is 0 Å². The van der Waals surface area contributed by atoms with Gasteiger partial charge >= 0.3 is 0 Å². The minimum absolute atomic E-state index is 0.895. The second-order valence-corrected chi connectivity index (χ2v) is 5.06. The first kappa shape index (κ1) is 22.6. The van der Waals surface area contributed by atoms with Crippen LogP contribution >= 0.6 is 0 Å². The van der Waals surface area contributed by atoms with Crippen LogP contribution in [-0.4, -0.2) is 0 Å². The predicted octanol–water partition coefficient (Wildman–Crippen LogP) is 7.48. The third kappa shape index (κ3) is 10.4. The molecular weight excluding hydrogens is 312 g/mol. The Morgan fingerprint density at radius 2 is 0.808 bits per heavy atom. The van der Waals surface area contributed by atoms with Gasteiger partial charge in [-0.15, -0.1) is 0 Å². The highest BCUT2D eigenvalue weighted by Gasteiger charge is 1.93. The fourth-order valence-corrected chi connectivity index (χ4v) is 1.80. The van der Waals surface area contributed by atoms with E-state index in [0.29, 0.717) is 0 Å². The van der Waals surface area contributed by atoms with Gasteiger partial charge in [0.15, 0.2) is 0 Å². The predicted molar refractivity (Wildman–Crippen MR) is 121 cm³/mol. The molecule has 0 aromatic heterocycles. The van der Waals surface area contributed by atoms with Gasteiger partial charge in [0.05, 0.1) is 0 Å². The minimum Gasteiger partial charge on any atom is -0.0991 e. The van der Waals surface area contributed by atoms with Crippen LogP contribution < -0.4 is 0 Å². The smallest absolute Gasteiger partial charge is 0.0190 e. The topological polar surface area (TPSA) is 0 Å². The maximum absolute atomic E-state index is 4.03. The molecule has 0 amide bonds. The number of hydrogen-bond acceptors (Lipinski definition) is 0. The molecule has 0 heteroatoms. The molecule has 0 rings (SSSR count). The molecule has 0 saturated carbocycles. The Balaban J connectivity index is 5.03. The first-order valence-corrected chi connectivity index (χ1v) is 8.24. The standard InChI is InChI=1S/C26H28/c1-7-11-19-23(5)25(17-9-3)21-15-13-14-16-22-26(18-10-4)24(6)20-12-8-2/h7-22H,1-6H2. The molecule has 0 fully saturated rings. The molecule has 0 radical (unpaired) electrons. The van der Waals surface area contributed by atoms with Crippen LogP contribution in [0.1, 0.15) is 0 Å². The van der Waals surface area contributed by atoms with Gasteiger partial charge in [-0.3, -0.25) is 0 Å². The average Bonchev–Trinajstić information content (AvgIpc) is 2.64. The van der Waals surface area contributed by atoms with Gasteiger partial charge in [0.1, 0.15) is 0 Å². The Hall–Kier alpha value is -3.38. The molecule has 0 heterocycles. The van der Waals surface area contributed by atoms with Gasteiger partial charge in [-0.2, -0.15) is 0 Å². The van der Waals surface area contributed by atoms with E-state index in [2.05, 4.69) is 39.5 Å². The molecular formula is C26H28. The van der Waals surface area contributed by atoms with Gasteiger partial charge in [0.2, 0.25) is 0 Å². The molecule has 0 atom stereocenters. The van der Waals surface area contributed by atoms with Crippen LogP contribution in [0.5, 0.6) is 0 Å². The zero-order valence-electron chi connectivity index (χ0n) is 15.5. The quantitative estimate of drug-likeness (QED) is 0.323. The molecule has 0 aliphatic heterocycles. The molecule has 26 heavy (non-hydrogen) atoms. The van der Waals surface area contributed by atoms with Crippen molar-refractivity contribution in [3.63, 3.8) is 0 Å². The SMILES string of the molecule is C=CC=CC(=C)C(C=CC=CC=CC(=CC=C)C(=C)C=CC=C)=CC=C. The number of hydrogen-bond donors (Lipinski definition) is 0. The summed E-state index contributed by atoms with van der Waals surface area (Å²) in [7, 11) is 0. The fraction of sp³-hybridized carbons (Fsp3) is 0.